The van der Waals surface area contributed by atoms with Gasteiger partial charge in [-0.25, -0.2) is 0 Å². The van der Waals surface area contributed by atoms with Crippen LogP contribution in [0.5, 0.6) is 11.5 Å². The van der Waals surface area contributed by atoms with Crippen LogP contribution in [-0.2, 0) is 4.79 Å². The summed E-state index contributed by atoms with van der Waals surface area (Å²) in [6, 6.07) is 15.5. The smallest absolute Gasteiger partial charge is 0.244 e. The van der Waals surface area contributed by atoms with Crippen molar-refractivity contribution in [1.29, 1.82) is 0 Å². The largest absolute Gasteiger partial charge is 0.493 e. The van der Waals surface area contributed by atoms with Gasteiger partial charge in [0.15, 0.2) is 11.5 Å². The molecule has 1 atom stereocenters. The molecule has 2 aromatic carbocycles. The predicted octanol–water partition coefficient (Wildman–Crippen LogP) is 1.72. The highest BCUT2D eigenvalue weighted by atomic mass is 16.5. The molecule has 0 bridgehead atoms. The summed E-state index contributed by atoms with van der Waals surface area (Å²) >= 11 is 0. The Morgan fingerprint density at radius 3 is 2.38 bits per heavy atom. The lowest BCUT2D eigenvalue weighted by Gasteiger charge is -2.20. The fourth-order valence-corrected chi connectivity index (χ4v) is 2.69. The highest BCUT2D eigenvalue weighted by molar-refractivity contribution is 5.92. The van der Waals surface area contributed by atoms with Crippen molar-refractivity contribution in [3.63, 3.8) is 0 Å². The minimum atomic E-state index is -0.130. The Morgan fingerprint density at radius 1 is 1.08 bits per heavy atom. The zero-order valence-electron chi connectivity index (χ0n) is 15.8. The average Bonchev–Trinajstić information content (AvgIpc) is 2.66. The minimum Gasteiger partial charge on any atom is -0.493 e. The lowest BCUT2D eigenvalue weighted by atomic mass is 10.1. The van der Waals surface area contributed by atoms with Gasteiger partial charge in [-0.1, -0.05) is 36.4 Å². The molecular formula is C21H27N2O3+. The van der Waals surface area contributed by atoms with Gasteiger partial charge in [0.05, 0.1) is 28.3 Å². The van der Waals surface area contributed by atoms with Gasteiger partial charge in [0.2, 0.25) is 5.91 Å². The van der Waals surface area contributed by atoms with Gasteiger partial charge in [0.1, 0.15) is 12.6 Å². The molecule has 0 aliphatic carbocycles. The van der Waals surface area contributed by atoms with E-state index in [9.17, 15) is 4.79 Å². The molecule has 1 amide bonds. The van der Waals surface area contributed by atoms with Crippen LogP contribution in [0.4, 0.5) is 0 Å². The van der Waals surface area contributed by atoms with Gasteiger partial charge in [-0.05, 0) is 29.3 Å². The van der Waals surface area contributed by atoms with Crippen molar-refractivity contribution < 1.29 is 19.2 Å². The number of nitrogens with one attached hydrogen (secondary N) is 2. The molecule has 5 heteroatoms. The Balaban J connectivity index is 2.09. The second-order valence-electron chi connectivity index (χ2n) is 6.33. The van der Waals surface area contributed by atoms with Crippen molar-refractivity contribution in [2.24, 2.45) is 0 Å². The van der Waals surface area contributed by atoms with E-state index in [1.807, 2.05) is 48.5 Å². The number of likely N-dealkylation sites (N-methyl/N-ethyl adjacent to an activating group) is 1. The van der Waals surface area contributed by atoms with Gasteiger partial charge in [-0.3, -0.25) is 4.79 Å². The summed E-state index contributed by atoms with van der Waals surface area (Å²) in [5, 5.41) is 3.08. The summed E-state index contributed by atoms with van der Waals surface area (Å²) < 4.78 is 10.5. The standard InChI is InChI=1S/C21H26N2O3/c1-23(2)15-18(17-8-6-5-7-9-17)22-21(24)13-11-16-10-12-19(25-3)20(14-16)26-4/h5-14,18H,15H2,1-4H3,(H,22,24)/p+1/b13-11+/t18-/m0/s1. The number of quaternary nitrogens is 1. The highest BCUT2D eigenvalue weighted by Gasteiger charge is 2.16. The van der Waals surface area contributed by atoms with E-state index in [1.165, 1.54) is 4.90 Å². The van der Waals surface area contributed by atoms with Crippen LogP contribution in [0.25, 0.3) is 6.08 Å². The van der Waals surface area contributed by atoms with Crippen LogP contribution in [0.15, 0.2) is 54.6 Å². The van der Waals surface area contributed by atoms with Gasteiger partial charge < -0.3 is 19.7 Å². The average molecular weight is 355 g/mol. The Bertz CT molecular complexity index is 742. The maximum atomic E-state index is 12.4. The van der Waals surface area contributed by atoms with E-state index < -0.39 is 0 Å². The summed E-state index contributed by atoms with van der Waals surface area (Å²) in [4.78, 5) is 13.7. The van der Waals surface area contributed by atoms with Crippen LogP contribution < -0.4 is 19.7 Å². The van der Waals surface area contributed by atoms with Crippen LogP contribution in [0.1, 0.15) is 17.2 Å². The quantitative estimate of drug-likeness (QED) is 0.709. The van der Waals surface area contributed by atoms with E-state index in [0.29, 0.717) is 11.5 Å². The van der Waals surface area contributed by atoms with E-state index in [0.717, 1.165) is 17.7 Å². The SMILES string of the molecule is COc1ccc(/C=C/C(=O)N[C@@H](C[NH+](C)C)c2ccccc2)cc1OC. The first kappa shape index (κ1) is 19.5. The fraction of sp³-hybridized carbons (Fsp3) is 0.286. The lowest BCUT2D eigenvalue weighted by Crippen LogP contribution is -3.06. The number of carbonyl (C=O) groups is 1. The minimum absolute atomic E-state index is 0.0382. The van der Waals surface area contributed by atoms with Gasteiger partial charge >= 0.3 is 0 Å². The van der Waals surface area contributed by atoms with Gasteiger partial charge in [-0.15, -0.1) is 0 Å². The molecular weight excluding hydrogens is 328 g/mol. The highest BCUT2D eigenvalue weighted by Crippen LogP contribution is 2.27. The molecule has 0 heterocycles. The predicted molar refractivity (Wildman–Crippen MR) is 104 cm³/mol. The number of rotatable bonds is 8. The lowest BCUT2D eigenvalue weighted by molar-refractivity contribution is -0.860. The van der Waals surface area contributed by atoms with Crippen molar-refractivity contribution in [2.75, 3.05) is 34.9 Å². The molecule has 0 aliphatic heterocycles. The third-order valence-electron chi connectivity index (χ3n) is 3.97. The molecule has 0 unspecified atom stereocenters. The molecule has 0 aliphatic rings. The second-order valence-corrected chi connectivity index (χ2v) is 6.33. The second kappa shape index (κ2) is 9.63. The molecule has 0 saturated heterocycles. The monoisotopic (exact) mass is 355 g/mol. The molecule has 0 aromatic heterocycles. The Labute approximate surface area is 155 Å². The maximum absolute atomic E-state index is 12.4. The van der Waals surface area contributed by atoms with E-state index in [2.05, 4.69) is 19.4 Å². The summed E-state index contributed by atoms with van der Waals surface area (Å²) in [5.74, 6) is 1.16. The molecule has 0 spiro atoms. The molecule has 0 fully saturated rings. The van der Waals surface area contributed by atoms with Crippen molar-refractivity contribution in [2.45, 2.75) is 6.04 Å². The van der Waals surface area contributed by atoms with Crippen LogP contribution in [-0.4, -0.2) is 40.8 Å². The molecule has 0 radical (unpaired) electrons. The Hall–Kier alpha value is -2.79. The number of methoxy groups -OCH3 is 2. The molecule has 2 rings (SSSR count). The first-order valence-corrected chi connectivity index (χ1v) is 8.58. The molecule has 2 aromatic rings. The van der Waals surface area contributed by atoms with Gasteiger partial charge in [0.25, 0.3) is 0 Å². The molecule has 26 heavy (non-hydrogen) atoms. The third-order valence-corrected chi connectivity index (χ3v) is 3.97. The number of hydrogen-bond acceptors (Lipinski definition) is 3. The van der Waals surface area contributed by atoms with E-state index in [-0.39, 0.29) is 11.9 Å². The number of hydrogen-bond donors (Lipinski definition) is 2. The third kappa shape index (κ3) is 5.63. The van der Waals surface area contributed by atoms with E-state index in [4.69, 9.17) is 9.47 Å². The van der Waals surface area contributed by atoms with Crippen molar-refractivity contribution in [3.05, 3.63) is 65.7 Å². The number of carbonyl (C=O) groups excluding carboxylic acids is 1. The zero-order valence-corrected chi connectivity index (χ0v) is 15.8. The van der Waals surface area contributed by atoms with E-state index in [1.54, 1.807) is 26.4 Å². The molecule has 0 saturated carbocycles. The van der Waals surface area contributed by atoms with Crippen LogP contribution >= 0.6 is 0 Å². The number of ether oxygens (including phenoxy) is 2. The van der Waals surface area contributed by atoms with Crippen LogP contribution in [0.3, 0.4) is 0 Å². The Morgan fingerprint density at radius 2 is 1.77 bits per heavy atom. The maximum Gasteiger partial charge on any atom is 0.244 e. The summed E-state index contributed by atoms with van der Waals surface area (Å²) in [5.41, 5.74) is 1.97. The number of benzene rings is 2. The van der Waals surface area contributed by atoms with Crippen LogP contribution in [0, 0.1) is 0 Å². The Kier molecular flexibility index (Phi) is 7.24. The first-order chi connectivity index (χ1) is 12.5. The van der Waals surface area contributed by atoms with E-state index >= 15 is 0 Å². The van der Waals surface area contributed by atoms with Gasteiger partial charge in [0, 0.05) is 6.08 Å². The zero-order chi connectivity index (χ0) is 18.9. The van der Waals surface area contributed by atoms with Crippen molar-refractivity contribution in [1.82, 2.24) is 5.32 Å². The molecule has 138 valence electrons. The molecule has 2 N–H and O–H groups in total. The summed E-state index contributed by atoms with van der Waals surface area (Å²) in [7, 11) is 7.33. The number of amides is 1. The fourth-order valence-electron chi connectivity index (χ4n) is 2.69. The van der Waals surface area contributed by atoms with Crippen molar-refractivity contribution >= 4 is 12.0 Å². The first-order valence-electron chi connectivity index (χ1n) is 8.58. The van der Waals surface area contributed by atoms with Crippen LogP contribution in [0.2, 0.25) is 0 Å². The topological polar surface area (TPSA) is 52.0 Å². The van der Waals surface area contributed by atoms with Crippen molar-refractivity contribution in [3.8, 4) is 11.5 Å². The normalized spacial score (nSPS) is 12.2. The molecule has 5 nitrogen and oxygen atoms in total. The summed E-state index contributed by atoms with van der Waals surface area (Å²) in [6.07, 6.45) is 3.31. The summed E-state index contributed by atoms with van der Waals surface area (Å²) in [6.45, 7) is 0.806. The van der Waals surface area contributed by atoms with Gasteiger partial charge in [-0.2, -0.15) is 0 Å².